The van der Waals surface area contributed by atoms with Gasteiger partial charge in [-0.2, -0.15) is 0 Å². The number of benzene rings is 1. The summed E-state index contributed by atoms with van der Waals surface area (Å²) in [7, 11) is 0. The minimum atomic E-state index is -0.879. The number of aromatic carboxylic acids is 1. The van der Waals surface area contributed by atoms with Gasteiger partial charge in [0.25, 0.3) is 0 Å². The molecule has 162 valence electrons. The highest BCUT2D eigenvalue weighted by Crippen LogP contribution is 2.10. The third-order valence-corrected chi connectivity index (χ3v) is 3.78. The van der Waals surface area contributed by atoms with Gasteiger partial charge in [-0.15, -0.1) is 0 Å². The van der Waals surface area contributed by atoms with Crippen molar-refractivity contribution in [2.24, 2.45) is 0 Å². The zero-order valence-electron chi connectivity index (χ0n) is 17.3. The Morgan fingerprint density at radius 1 is 0.857 bits per heavy atom. The van der Waals surface area contributed by atoms with E-state index in [1.807, 2.05) is 0 Å². The monoisotopic (exact) mass is 398 g/mol. The fraction of sp³-hybridized carbons (Fsp3) is 0.636. The first-order valence-corrected chi connectivity index (χ1v) is 10.1. The number of carboxylic acid groups (broad SMARTS) is 2. The van der Waals surface area contributed by atoms with Gasteiger partial charge in [-0.05, 0) is 25.5 Å². The van der Waals surface area contributed by atoms with Gasteiger partial charge in [0.15, 0.2) is 0 Å². The quantitative estimate of drug-likeness (QED) is 0.378. The van der Waals surface area contributed by atoms with Gasteiger partial charge in [0.1, 0.15) is 0 Å². The molecular weight excluding hydrogens is 360 g/mol. The van der Waals surface area contributed by atoms with Crippen molar-refractivity contribution in [1.29, 1.82) is 0 Å². The number of rotatable bonds is 12. The maximum atomic E-state index is 10.2. The minimum Gasteiger partial charge on any atom is -0.481 e. The predicted octanol–water partition coefficient (Wildman–Crippen LogP) is 4.74. The minimum absolute atomic E-state index is 0.139. The summed E-state index contributed by atoms with van der Waals surface area (Å²) in [6.07, 6.45) is 10.9. The fourth-order valence-electron chi connectivity index (χ4n) is 2.17. The molecule has 0 spiro atoms. The lowest BCUT2D eigenvalue weighted by Crippen LogP contribution is -2.03. The Kier molecular flexibility index (Phi) is 21.6. The SMILES string of the molecule is CC(O)CO.CCCCCCCCCCCC(=O)O.O=C(O)c1ccccc1. The van der Waals surface area contributed by atoms with Crippen LogP contribution in [-0.4, -0.2) is 45.1 Å². The van der Waals surface area contributed by atoms with Crippen LogP contribution in [0.2, 0.25) is 0 Å². The van der Waals surface area contributed by atoms with Gasteiger partial charge in [0.05, 0.1) is 18.3 Å². The average Bonchev–Trinajstić information content (AvgIpc) is 2.68. The van der Waals surface area contributed by atoms with Crippen molar-refractivity contribution >= 4 is 11.9 Å². The van der Waals surface area contributed by atoms with Crippen molar-refractivity contribution in [3.8, 4) is 0 Å². The van der Waals surface area contributed by atoms with E-state index in [0.717, 1.165) is 12.8 Å². The van der Waals surface area contributed by atoms with Crippen molar-refractivity contribution in [2.45, 2.75) is 84.2 Å². The normalized spacial score (nSPS) is 10.7. The van der Waals surface area contributed by atoms with E-state index in [4.69, 9.17) is 20.4 Å². The Labute approximate surface area is 169 Å². The van der Waals surface area contributed by atoms with E-state index in [0.29, 0.717) is 12.0 Å². The largest absolute Gasteiger partial charge is 0.481 e. The third-order valence-electron chi connectivity index (χ3n) is 3.78. The van der Waals surface area contributed by atoms with Crippen LogP contribution in [0.5, 0.6) is 0 Å². The lowest BCUT2D eigenvalue weighted by Gasteiger charge is -2.00. The maximum absolute atomic E-state index is 10.2. The van der Waals surface area contributed by atoms with Crippen molar-refractivity contribution in [1.82, 2.24) is 0 Å². The van der Waals surface area contributed by atoms with E-state index in [1.165, 1.54) is 51.9 Å². The van der Waals surface area contributed by atoms with E-state index < -0.39 is 18.0 Å². The molecule has 1 atom stereocenters. The van der Waals surface area contributed by atoms with Crippen LogP contribution >= 0.6 is 0 Å². The number of carbonyl (C=O) groups is 2. The lowest BCUT2D eigenvalue weighted by molar-refractivity contribution is -0.137. The summed E-state index contributed by atoms with van der Waals surface area (Å²) in [5.74, 6) is -1.54. The van der Waals surface area contributed by atoms with Crippen molar-refractivity contribution in [2.75, 3.05) is 6.61 Å². The molecule has 0 aliphatic heterocycles. The zero-order chi connectivity index (χ0) is 21.6. The number of hydrogen-bond acceptors (Lipinski definition) is 4. The molecule has 6 nitrogen and oxygen atoms in total. The average molecular weight is 399 g/mol. The fourth-order valence-corrected chi connectivity index (χ4v) is 2.17. The predicted molar refractivity (Wildman–Crippen MR) is 112 cm³/mol. The van der Waals surface area contributed by atoms with E-state index in [1.54, 1.807) is 30.3 Å². The maximum Gasteiger partial charge on any atom is 0.335 e. The van der Waals surface area contributed by atoms with E-state index in [2.05, 4.69) is 6.92 Å². The Morgan fingerprint density at radius 2 is 1.29 bits per heavy atom. The van der Waals surface area contributed by atoms with Crippen molar-refractivity contribution in [3.05, 3.63) is 35.9 Å². The van der Waals surface area contributed by atoms with Crippen LogP contribution in [0.15, 0.2) is 30.3 Å². The molecule has 6 heteroatoms. The summed E-state index contributed by atoms with van der Waals surface area (Å²) in [6.45, 7) is 3.62. The molecular formula is C22H38O6. The van der Waals surface area contributed by atoms with Crippen LogP contribution in [0.4, 0.5) is 0 Å². The number of aliphatic hydroxyl groups is 2. The lowest BCUT2D eigenvalue weighted by atomic mass is 10.1. The number of unbranched alkanes of at least 4 members (excludes halogenated alkanes) is 8. The van der Waals surface area contributed by atoms with Gasteiger partial charge in [-0.1, -0.05) is 76.5 Å². The summed E-state index contributed by atoms with van der Waals surface area (Å²) < 4.78 is 0. The number of hydrogen-bond donors (Lipinski definition) is 4. The molecule has 28 heavy (non-hydrogen) atoms. The van der Waals surface area contributed by atoms with E-state index in [-0.39, 0.29) is 6.61 Å². The Bertz CT molecular complexity index is 473. The highest BCUT2D eigenvalue weighted by Gasteiger charge is 1.97. The third kappa shape index (κ3) is 24.1. The molecule has 1 aromatic carbocycles. The molecule has 1 rings (SSSR count). The number of aliphatic hydroxyl groups excluding tert-OH is 2. The second-order valence-corrected chi connectivity index (χ2v) is 6.67. The van der Waals surface area contributed by atoms with Crippen LogP contribution in [0.3, 0.4) is 0 Å². The molecule has 1 unspecified atom stereocenters. The molecule has 0 saturated heterocycles. The summed E-state index contributed by atoms with van der Waals surface area (Å²) in [4.78, 5) is 20.4. The van der Waals surface area contributed by atoms with Gasteiger partial charge in [-0.3, -0.25) is 4.79 Å². The van der Waals surface area contributed by atoms with Crippen LogP contribution in [-0.2, 0) is 4.79 Å². The van der Waals surface area contributed by atoms with Gasteiger partial charge >= 0.3 is 11.9 Å². The molecule has 4 N–H and O–H groups in total. The molecule has 0 amide bonds. The molecule has 0 aliphatic rings. The van der Waals surface area contributed by atoms with Crippen molar-refractivity contribution < 1.29 is 30.0 Å². The topological polar surface area (TPSA) is 115 Å². The highest BCUT2D eigenvalue weighted by atomic mass is 16.4. The summed E-state index contributed by atoms with van der Waals surface area (Å²) in [6, 6.07) is 8.30. The number of aliphatic carboxylic acids is 1. The summed E-state index contributed by atoms with van der Waals surface area (Å²) in [5.41, 5.74) is 0.331. The second kappa shape index (κ2) is 21.4. The first kappa shape index (κ1) is 28.3. The molecule has 1 aromatic rings. The summed E-state index contributed by atoms with van der Waals surface area (Å²) >= 11 is 0. The molecule has 0 heterocycles. The van der Waals surface area contributed by atoms with Gasteiger partial charge < -0.3 is 20.4 Å². The molecule has 0 radical (unpaired) electrons. The van der Waals surface area contributed by atoms with Gasteiger partial charge in [-0.25, -0.2) is 4.79 Å². The van der Waals surface area contributed by atoms with Crippen LogP contribution in [0.1, 0.15) is 88.4 Å². The zero-order valence-corrected chi connectivity index (χ0v) is 17.3. The molecule has 0 fully saturated rings. The van der Waals surface area contributed by atoms with Gasteiger partial charge in [0, 0.05) is 6.42 Å². The van der Waals surface area contributed by atoms with Crippen LogP contribution in [0.25, 0.3) is 0 Å². The first-order valence-electron chi connectivity index (χ1n) is 10.1. The molecule has 0 aromatic heterocycles. The number of carboxylic acids is 2. The Morgan fingerprint density at radius 3 is 1.61 bits per heavy atom. The van der Waals surface area contributed by atoms with Crippen molar-refractivity contribution in [3.63, 3.8) is 0 Å². The standard InChI is InChI=1S/C12H24O2.C7H6O2.C3H8O2/c1-2-3-4-5-6-7-8-9-10-11-12(13)14;8-7(9)6-4-2-1-3-5-6;1-3(5)2-4/h2-11H2,1H3,(H,13,14);1-5H,(H,8,9);3-5H,2H2,1H3. The van der Waals surface area contributed by atoms with E-state index >= 15 is 0 Å². The molecule has 0 aliphatic carbocycles. The highest BCUT2D eigenvalue weighted by molar-refractivity contribution is 5.87. The Balaban J connectivity index is 0. The Hall–Kier alpha value is -1.92. The van der Waals surface area contributed by atoms with Crippen LogP contribution < -0.4 is 0 Å². The molecule has 0 bridgehead atoms. The summed E-state index contributed by atoms with van der Waals surface area (Å²) in [5, 5.41) is 32.8. The second-order valence-electron chi connectivity index (χ2n) is 6.67. The molecule has 0 saturated carbocycles. The first-order chi connectivity index (χ1) is 13.3. The van der Waals surface area contributed by atoms with Gasteiger partial charge in [0.2, 0.25) is 0 Å². The smallest absolute Gasteiger partial charge is 0.335 e. The van der Waals surface area contributed by atoms with E-state index in [9.17, 15) is 9.59 Å². The van der Waals surface area contributed by atoms with Crippen LogP contribution in [0, 0.1) is 0 Å².